The molecule has 1 amide bonds. The number of methoxy groups -OCH3 is 1. The molecule has 5 nitrogen and oxygen atoms in total. The van der Waals surface area contributed by atoms with Crippen LogP contribution < -0.4 is 14.8 Å². The average Bonchev–Trinajstić information content (AvgIpc) is 3.18. The summed E-state index contributed by atoms with van der Waals surface area (Å²) in [6.45, 7) is 4.70. The van der Waals surface area contributed by atoms with Crippen LogP contribution in [-0.4, -0.2) is 24.6 Å². The third kappa shape index (κ3) is 4.65. The lowest BCUT2D eigenvalue weighted by Gasteiger charge is -2.10. The quantitative estimate of drug-likeness (QED) is 0.612. The molecule has 6 heteroatoms. The Labute approximate surface area is 163 Å². The molecular weight excluding hydrogens is 360 g/mol. The highest BCUT2D eigenvalue weighted by Gasteiger charge is 2.14. The molecule has 1 aromatic heterocycles. The van der Waals surface area contributed by atoms with Crippen LogP contribution in [0.15, 0.2) is 47.8 Å². The number of anilines is 1. The maximum Gasteiger partial charge on any atom is 0.275 e. The number of nitrogens with one attached hydrogen (secondary N) is 1. The van der Waals surface area contributed by atoms with E-state index in [4.69, 9.17) is 9.47 Å². The highest BCUT2D eigenvalue weighted by molar-refractivity contribution is 7.13. The van der Waals surface area contributed by atoms with Gasteiger partial charge in [0.2, 0.25) is 0 Å². The summed E-state index contributed by atoms with van der Waals surface area (Å²) in [7, 11) is 1.61. The number of ether oxygens (including phenoxy) is 2. The molecule has 0 saturated carbocycles. The summed E-state index contributed by atoms with van der Waals surface area (Å²) in [5.41, 5.74) is 3.17. The number of thiazole rings is 1. The van der Waals surface area contributed by atoms with Gasteiger partial charge in [0.25, 0.3) is 5.91 Å². The molecule has 140 valence electrons. The van der Waals surface area contributed by atoms with Crippen LogP contribution >= 0.6 is 11.3 Å². The van der Waals surface area contributed by atoms with Crippen LogP contribution in [0.1, 0.15) is 29.4 Å². The van der Waals surface area contributed by atoms with Crippen LogP contribution in [-0.2, 0) is 0 Å². The van der Waals surface area contributed by atoms with Gasteiger partial charge in [0.1, 0.15) is 10.7 Å². The molecule has 0 spiro atoms. The average molecular weight is 382 g/mol. The van der Waals surface area contributed by atoms with Gasteiger partial charge in [-0.15, -0.1) is 11.3 Å². The molecule has 0 aliphatic rings. The van der Waals surface area contributed by atoms with Gasteiger partial charge >= 0.3 is 0 Å². The Morgan fingerprint density at radius 2 is 1.93 bits per heavy atom. The zero-order valence-corrected chi connectivity index (χ0v) is 16.4. The maximum absolute atomic E-state index is 12.4. The first-order chi connectivity index (χ1) is 13.1. The fraction of sp³-hybridized carbons (Fsp3) is 0.238. The van der Waals surface area contributed by atoms with Crippen molar-refractivity contribution in [2.75, 3.05) is 19.0 Å². The summed E-state index contributed by atoms with van der Waals surface area (Å²) >= 11 is 1.42. The SMILES string of the molecule is CCCOc1ccc(-c2nc(C(=O)Nc3ccc(C)cc3)cs2)cc1OC. The van der Waals surface area contributed by atoms with Crippen molar-refractivity contribution < 1.29 is 14.3 Å². The van der Waals surface area contributed by atoms with Gasteiger partial charge < -0.3 is 14.8 Å². The number of carbonyl (C=O) groups excluding carboxylic acids is 1. The van der Waals surface area contributed by atoms with Crippen molar-refractivity contribution in [2.24, 2.45) is 0 Å². The molecule has 0 radical (unpaired) electrons. The molecule has 3 aromatic rings. The fourth-order valence-electron chi connectivity index (χ4n) is 2.47. The largest absolute Gasteiger partial charge is 0.493 e. The van der Waals surface area contributed by atoms with E-state index >= 15 is 0 Å². The summed E-state index contributed by atoms with van der Waals surface area (Å²) in [5.74, 6) is 1.13. The molecule has 0 atom stereocenters. The van der Waals surface area contributed by atoms with E-state index < -0.39 is 0 Å². The van der Waals surface area contributed by atoms with Gasteiger partial charge in [0.05, 0.1) is 13.7 Å². The van der Waals surface area contributed by atoms with Crippen molar-refractivity contribution >= 4 is 22.9 Å². The Balaban J connectivity index is 1.76. The van der Waals surface area contributed by atoms with Gasteiger partial charge in [0.15, 0.2) is 11.5 Å². The lowest BCUT2D eigenvalue weighted by Crippen LogP contribution is -2.12. The van der Waals surface area contributed by atoms with Gasteiger partial charge in [-0.25, -0.2) is 4.98 Å². The van der Waals surface area contributed by atoms with Crippen LogP contribution in [0, 0.1) is 6.92 Å². The Morgan fingerprint density at radius 3 is 2.63 bits per heavy atom. The smallest absolute Gasteiger partial charge is 0.275 e. The van der Waals surface area contributed by atoms with Crippen molar-refractivity contribution in [3.8, 4) is 22.1 Å². The van der Waals surface area contributed by atoms with E-state index in [9.17, 15) is 4.79 Å². The third-order valence-electron chi connectivity index (χ3n) is 3.92. The summed E-state index contributed by atoms with van der Waals surface area (Å²) in [4.78, 5) is 16.9. The Hall–Kier alpha value is -2.86. The zero-order chi connectivity index (χ0) is 19.2. The molecule has 0 saturated heterocycles. The predicted octanol–water partition coefficient (Wildman–Crippen LogP) is 5.17. The van der Waals surface area contributed by atoms with Crippen molar-refractivity contribution in [2.45, 2.75) is 20.3 Å². The number of hydrogen-bond donors (Lipinski definition) is 1. The minimum Gasteiger partial charge on any atom is -0.493 e. The second-order valence-corrected chi connectivity index (χ2v) is 6.93. The zero-order valence-electron chi connectivity index (χ0n) is 15.6. The first-order valence-corrected chi connectivity index (χ1v) is 9.63. The molecule has 3 rings (SSSR count). The lowest BCUT2D eigenvalue weighted by atomic mass is 10.2. The third-order valence-corrected chi connectivity index (χ3v) is 4.81. The molecule has 0 bridgehead atoms. The van der Waals surface area contributed by atoms with E-state index in [1.54, 1.807) is 12.5 Å². The van der Waals surface area contributed by atoms with E-state index in [1.165, 1.54) is 11.3 Å². The minimum atomic E-state index is -0.226. The molecule has 0 aliphatic heterocycles. The number of hydrogen-bond acceptors (Lipinski definition) is 5. The van der Waals surface area contributed by atoms with Crippen LogP contribution in [0.3, 0.4) is 0 Å². The first kappa shape index (κ1) is 18.9. The highest BCUT2D eigenvalue weighted by Crippen LogP contribution is 2.34. The lowest BCUT2D eigenvalue weighted by molar-refractivity contribution is 0.102. The summed E-state index contributed by atoms with van der Waals surface area (Å²) in [6, 6.07) is 13.3. The molecular formula is C21H22N2O3S. The molecule has 1 N–H and O–H groups in total. The van der Waals surface area contributed by atoms with Crippen molar-refractivity contribution in [1.82, 2.24) is 4.98 Å². The van der Waals surface area contributed by atoms with Crippen molar-refractivity contribution in [3.63, 3.8) is 0 Å². The topological polar surface area (TPSA) is 60.5 Å². The van der Waals surface area contributed by atoms with Crippen LogP contribution in [0.4, 0.5) is 5.69 Å². The fourth-order valence-corrected chi connectivity index (χ4v) is 3.27. The highest BCUT2D eigenvalue weighted by atomic mass is 32.1. The summed E-state index contributed by atoms with van der Waals surface area (Å²) in [5, 5.41) is 5.38. The Kier molecular flexibility index (Phi) is 6.08. The van der Waals surface area contributed by atoms with Gasteiger partial charge in [-0.05, 0) is 43.7 Å². The van der Waals surface area contributed by atoms with E-state index in [0.29, 0.717) is 23.8 Å². The number of nitrogens with zero attached hydrogens (tertiary/aromatic N) is 1. The standard InChI is InChI=1S/C21H22N2O3S/c1-4-11-26-18-10-7-15(12-19(18)25-3)21-23-17(13-27-21)20(24)22-16-8-5-14(2)6-9-16/h5-10,12-13H,4,11H2,1-3H3,(H,22,24). The van der Waals surface area contributed by atoms with Crippen LogP contribution in [0.2, 0.25) is 0 Å². The second kappa shape index (κ2) is 8.68. The number of aryl methyl sites for hydroxylation is 1. The van der Waals surface area contributed by atoms with E-state index in [2.05, 4.69) is 17.2 Å². The Bertz CT molecular complexity index is 919. The molecule has 2 aromatic carbocycles. The molecule has 0 fully saturated rings. The summed E-state index contributed by atoms with van der Waals surface area (Å²) < 4.78 is 11.1. The van der Waals surface area contributed by atoms with Crippen LogP contribution in [0.5, 0.6) is 11.5 Å². The van der Waals surface area contributed by atoms with Gasteiger partial charge in [-0.2, -0.15) is 0 Å². The van der Waals surface area contributed by atoms with Crippen molar-refractivity contribution in [1.29, 1.82) is 0 Å². The summed E-state index contributed by atoms with van der Waals surface area (Å²) in [6.07, 6.45) is 0.927. The van der Waals surface area contributed by atoms with Gasteiger partial charge in [-0.3, -0.25) is 4.79 Å². The second-order valence-electron chi connectivity index (χ2n) is 6.07. The number of carbonyl (C=O) groups is 1. The van der Waals surface area contributed by atoms with Crippen molar-refractivity contribution in [3.05, 3.63) is 59.1 Å². The van der Waals surface area contributed by atoms with E-state index in [1.807, 2.05) is 49.4 Å². The number of amides is 1. The molecule has 0 aliphatic carbocycles. The number of benzene rings is 2. The van der Waals surface area contributed by atoms with E-state index in [0.717, 1.165) is 28.2 Å². The molecule has 27 heavy (non-hydrogen) atoms. The minimum absolute atomic E-state index is 0.226. The maximum atomic E-state index is 12.4. The Morgan fingerprint density at radius 1 is 1.15 bits per heavy atom. The number of rotatable bonds is 7. The van der Waals surface area contributed by atoms with Gasteiger partial charge in [0, 0.05) is 16.6 Å². The molecule has 0 unspecified atom stereocenters. The van der Waals surface area contributed by atoms with E-state index in [-0.39, 0.29) is 5.91 Å². The molecule has 1 heterocycles. The first-order valence-electron chi connectivity index (χ1n) is 8.75. The van der Waals surface area contributed by atoms with Crippen LogP contribution in [0.25, 0.3) is 10.6 Å². The predicted molar refractivity (Wildman–Crippen MR) is 109 cm³/mol. The van der Waals surface area contributed by atoms with Gasteiger partial charge in [-0.1, -0.05) is 24.6 Å². The normalized spacial score (nSPS) is 10.5. The monoisotopic (exact) mass is 382 g/mol. The number of aromatic nitrogens is 1.